The Kier molecular flexibility index (Phi) is 3.64. The van der Waals surface area contributed by atoms with Gasteiger partial charge >= 0.3 is 5.69 Å². The standard InChI is InChI=1S/C9H15N3O2/c1-2-5-12-8(13)6-7(3-4-10)11-9(12)14/h6H,2-5,10H2,1H3,(H,11,14). The Hall–Kier alpha value is -1.36. The monoisotopic (exact) mass is 197 g/mol. The second kappa shape index (κ2) is 4.76. The van der Waals surface area contributed by atoms with Gasteiger partial charge in [-0.05, 0) is 13.0 Å². The van der Waals surface area contributed by atoms with E-state index in [0.717, 1.165) is 6.42 Å². The lowest BCUT2D eigenvalue weighted by molar-refractivity contribution is 0.608. The van der Waals surface area contributed by atoms with E-state index < -0.39 is 0 Å². The molecule has 1 aromatic rings. The van der Waals surface area contributed by atoms with Crippen molar-refractivity contribution in [3.63, 3.8) is 0 Å². The van der Waals surface area contributed by atoms with E-state index in [1.54, 1.807) is 0 Å². The van der Waals surface area contributed by atoms with Crippen molar-refractivity contribution in [2.75, 3.05) is 6.54 Å². The number of aromatic amines is 1. The normalized spacial score (nSPS) is 10.4. The average Bonchev–Trinajstić information content (AvgIpc) is 2.12. The lowest BCUT2D eigenvalue weighted by atomic mass is 10.3. The predicted octanol–water partition coefficient (Wildman–Crippen LogP) is -0.552. The molecule has 0 saturated heterocycles. The van der Waals surface area contributed by atoms with Gasteiger partial charge in [0.25, 0.3) is 5.56 Å². The number of rotatable bonds is 4. The number of nitrogens with one attached hydrogen (secondary N) is 1. The molecule has 1 heterocycles. The molecule has 0 aliphatic carbocycles. The first-order chi connectivity index (χ1) is 6.69. The summed E-state index contributed by atoms with van der Waals surface area (Å²) in [5.74, 6) is 0. The molecule has 3 N–H and O–H groups in total. The molecule has 0 aliphatic heterocycles. The summed E-state index contributed by atoms with van der Waals surface area (Å²) in [6.45, 7) is 2.80. The van der Waals surface area contributed by atoms with Gasteiger partial charge in [-0.3, -0.25) is 9.36 Å². The van der Waals surface area contributed by atoms with E-state index in [0.29, 0.717) is 25.2 Å². The Morgan fingerprint density at radius 2 is 2.21 bits per heavy atom. The van der Waals surface area contributed by atoms with Crippen LogP contribution in [0.3, 0.4) is 0 Å². The first-order valence-corrected chi connectivity index (χ1v) is 4.72. The second-order valence-electron chi connectivity index (χ2n) is 3.13. The molecular formula is C9H15N3O2. The van der Waals surface area contributed by atoms with E-state index in [1.807, 2.05) is 6.92 Å². The smallest absolute Gasteiger partial charge is 0.328 e. The third-order valence-corrected chi connectivity index (χ3v) is 1.94. The van der Waals surface area contributed by atoms with Crippen LogP contribution in [0.1, 0.15) is 19.0 Å². The molecule has 0 radical (unpaired) electrons. The molecule has 0 amide bonds. The number of nitrogens with two attached hydrogens (primary N) is 1. The highest BCUT2D eigenvalue weighted by atomic mass is 16.2. The molecule has 1 aromatic heterocycles. The number of hydrogen-bond donors (Lipinski definition) is 2. The Morgan fingerprint density at radius 3 is 2.71 bits per heavy atom. The number of hydrogen-bond acceptors (Lipinski definition) is 3. The highest BCUT2D eigenvalue weighted by molar-refractivity contribution is 5.00. The van der Waals surface area contributed by atoms with Crippen LogP contribution in [0.2, 0.25) is 0 Å². The minimum Gasteiger partial charge on any atom is -0.330 e. The van der Waals surface area contributed by atoms with Crippen LogP contribution in [0, 0.1) is 0 Å². The van der Waals surface area contributed by atoms with E-state index in [2.05, 4.69) is 4.98 Å². The summed E-state index contributed by atoms with van der Waals surface area (Å²) in [7, 11) is 0. The first-order valence-electron chi connectivity index (χ1n) is 4.72. The molecule has 0 saturated carbocycles. The number of nitrogens with zero attached hydrogens (tertiary/aromatic N) is 1. The summed E-state index contributed by atoms with van der Waals surface area (Å²) >= 11 is 0. The van der Waals surface area contributed by atoms with Crippen molar-refractivity contribution in [1.82, 2.24) is 9.55 Å². The molecule has 0 aromatic carbocycles. The average molecular weight is 197 g/mol. The van der Waals surface area contributed by atoms with Crippen LogP contribution in [0.15, 0.2) is 15.7 Å². The zero-order chi connectivity index (χ0) is 10.6. The Bertz CT molecular complexity index is 374. The molecule has 14 heavy (non-hydrogen) atoms. The third kappa shape index (κ3) is 2.32. The van der Waals surface area contributed by atoms with Gasteiger partial charge in [0.2, 0.25) is 0 Å². The molecule has 5 nitrogen and oxygen atoms in total. The fourth-order valence-corrected chi connectivity index (χ4v) is 1.29. The maximum atomic E-state index is 11.4. The van der Waals surface area contributed by atoms with Crippen LogP contribution in [0.5, 0.6) is 0 Å². The van der Waals surface area contributed by atoms with Crippen molar-refractivity contribution in [2.45, 2.75) is 26.3 Å². The highest BCUT2D eigenvalue weighted by Gasteiger charge is 2.02. The molecule has 0 fully saturated rings. The summed E-state index contributed by atoms with van der Waals surface area (Å²) in [6.07, 6.45) is 1.29. The van der Waals surface area contributed by atoms with Gasteiger partial charge in [0.15, 0.2) is 0 Å². The van der Waals surface area contributed by atoms with Crippen molar-refractivity contribution in [2.24, 2.45) is 5.73 Å². The summed E-state index contributed by atoms with van der Waals surface area (Å²) in [5, 5.41) is 0. The summed E-state index contributed by atoms with van der Waals surface area (Å²) in [5.41, 5.74) is 5.34. The highest BCUT2D eigenvalue weighted by Crippen LogP contribution is 1.87. The van der Waals surface area contributed by atoms with E-state index in [1.165, 1.54) is 10.6 Å². The molecule has 0 aliphatic rings. The van der Waals surface area contributed by atoms with Crippen molar-refractivity contribution in [3.05, 3.63) is 32.6 Å². The van der Waals surface area contributed by atoms with Gasteiger partial charge in [0.1, 0.15) is 0 Å². The largest absolute Gasteiger partial charge is 0.330 e. The van der Waals surface area contributed by atoms with Crippen LogP contribution in [0.4, 0.5) is 0 Å². The Morgan fingerprint density at radius 1 is 1.50 bits per heavy atom. The van der Waals surface area contributed by atoms with Gasteiger partial charge in [0, 0.05) is 24.7 Å². The molecule has 1 rings (SSSR count). The van der Waals surface area contributed by atoms with Crippen LogP contribution < -0.4 is 17.0 Å². The summed E-state index contributed by atoms with van der Waals surface area (Å²) in [6, 6.07) is 1.43. The predicted molar refractivity (Wildman–Crippen MR) is 54.4 cm³/mol. The van der Waals surface area contributed by atoms with E-state index >= 15 is 0 Å². The number of H-pyrrole nitrogens is 1. The van der Waals surface area contributed by atoms with E-state index in [-0.39, 0.29) is 11.2 Å². The molecular weight excluding hydrogens is 182 g/mol. The molecule has 0 spiro atoms. The molecule has 0 bridgehead atoms. The van der Waals surface area contributed by atoms with Crippen molar-refractivity contribution >= 4 is 0 Å². The van der Waals surface area contributed by atoms with Crippen molar-refractivity contribution in [3.8, 4) is 0 Å². The molecule has 0 unspecified atom stereocenters. The summed E-state index contributed by atoms with van der Waals surface area (Å²) < 4.78 is 1.19. The van der Waals surface area contributed by atoms with Crippen molar-refractivity contribution in [1.29, 1.82) is 0 Å². The minimum atomic E-state index is -0.345. The van der Waals surface area contributed by atoms with Gasteiger partial charge in [-0.2, -0.15) is 0 Å². The van der Waals surface area contributed by atoms with Gasteiger partial charge in [-0.15, -0.1) is 0 Å². The molecule has 0 atom stereocenters. The fourth-order valence-electron chi connectivity index (χ4n) is 1.29. The van der Waals surface area contributed by atoms with Crippen molar-refractivity contribution < 1.29 is 0 Å². The minimum absolute atomic E-state index is 0.251. The lowest BCUT2D eigenvalue weighted by Crippen LogP contribution is -2.35. The van der Waals surface area contributed by atoms with E-state index in [4.69, 9.17) is 5.73 Å². The van der Waals surface area contributed by atoms with Crippen LogP contribution in [0.25, 0.3) is 0 Å². The van der Waals surface area contributed by atoms with Gasteiger partial charge in [0.05, 0.1) is 0 Å². The van der Waals surface area contributed by atoms with Crippen LogP contribution in [-0.2, 0) is 13.0 Å². The van der Waals surface area contributed by atoms with Crippen LogP contribution >= 0.6 is 0 Å². The quantitative estimate of drug-likeness (QED) is 0.679. The lowest BCUT2D eigenvalue weighted by Gasteiger charge is -2.03. The third-order valence-electron chi connectivity index (χ3n) is 1.94. The van der Waals surface area contributed by atoms with Gasteiger partial charge in [-0.25, -0.2) is 4.79 Å². The maximum Gasteiger partial charge on any atom is 0.328 e. The van der Waals surface area contributed by atoms with Crippen LogP contribution in [-0.4, -0.2) is 16.1 Å². The SMILES string of the molecule is CCCn1c(=O)cc(CCN)[nH]c1=O. The Balaban J connectivity index is 3.12. The Labute approximate surface area is 81.6 Å². The van der Waals surface area contributed by atoms with Gasteiger partial charge < -0.3 is 10.7 Å². The first kappa shape index (κ1) is 10.7. The maximum absolute atomic E-state index is 11.4. The number of aromatic nitrogens is 2. The summed E-state index contributed by atoms with van der Waals surface area (Å²) in [4.78, 5) is 25.4. The topological polar surface area (TPSA) is 80.9 Å². The second-order valence-corrected chi connectivity index (χ2v) is 3.13. The molecule has 78 valence electrons. The van der Waals surface area contributed by atoms with E-state index in [9.17, 15) is 9.59 Å². The van der Waals surface area contributed by atoms with Gasteiger partial charge in [-0.1, -0.05) is 6.92 Å². The molecule has 5 heteroatoms. The zero-order valence-electron chi connectivity index (χ0n) is 8.25. The zero-order valence-corrected chi connectivity index (χ0v) is 8.25. The fraction of sp³-hybridized carbons (Fsp3) is 0.556.